The fourth-order valence-corrected chi connectivity index (χ4v) is 3.68. The molecule has 0 atom stereocenters. The van der Waals surface area contributed by atoms with Crippen LogP contribution in [0.25, 0.3) is 11.0 Å². The molecule has 0 fully saturated rings. The summed E-state index contributed by atoms with van der Waals surface area (Å²) < 4.78 is 44.4. The van der Waals surface area contributed by atoms with Crippen LogP contribution < -0.4 is 25.8 Å². The van der Waals surface area contributed by atoms with Crippen molar-refractivity contribution in [2.24, 2.45) is 5.73 Å². The van der Waals surface area contributed by atoms with Gasteiger partial charge in [-0.15, -0.1) is 13.2 Å². The molecule has 0 saturated carbocycles. The molecule has 208 valence electrons. The number of hydrogen-bond acceptors (Lipinski definition) is 8. The van der Waals surface area contributed by atoms with Crippen molar-refractivity contribution < 1.29 is 42.1 Å². The quantitative estimate of drug-likeness (QED) is 0.238. The minimum atomic E-state index is -4.66. The predicted octanol–water partition coefficient (Wildman–Crippen LogP) is 2.96. The van der Waals surface area contributed by atoms with Crippen LogP contribution in [0.5, 0.6) is 11.5 Å². The molecule has 2 aromatic carbocycles. The van der Waals surface area contributed by atoms with Crippen molar-refractivity contribution in [2.75, 3.05) is 11.9 Å². The first kappa shape index (κ1) is 27.8. The molecule has 1 aliphatic rings. The van der Waals surface area contributed by atoms with Crippen molar-refractivity contribution >= 4 is 34.5 Å². The number of fused-ring (bicyclic) bond motifs is 2. The number of carboxylic acids is 1. The van der Waals surface area contributed by atoms with E-state index in [1.807, 2.05) is 0 Å². The number of carboxylic acid groups (broad SMARTS) is 1. The van der Waals surface area contributed by atoms with E-state index in [1.54, 1.807) is 24.3 Å². The molecule has 1 aliphatic heterocycles. The highest BCUT2D eigenvalue weighted by molar-refractivity contribution is 6.08. The zero-order valence-corrected chi connectivity index (χ0v) is 20.4. The van der Waals surface area contributed by atoms with Gasteiger partial charge in [0.25, 0.3) is 11.8 Å². The van der Waals surface area contributed by atoms with Crippen molar-refractivity contribution in [3.63, 3.8) is 0 Å². The van der Waals surface area contributed by atoms with E-state index in [1.165, 1.54) is 24.4 Å². The summed E-state index contributed by atoms with van der Waals surface area (Å²) in [6.45, 7) is 0.174. The van der Waals surface area contributed by atoms with Crippen molar-refractivity contribution in [2.45, 2.75) is 19.5 Å². The first-order valence-electron chi connectivity index (χ1n) is 11.5. The topological polar surface area (TPSA) is 182 Å². The molecular weight excluding hydrogens is 537 g/mol. The summed E-state index contributed by atoms with van der Waals surface area (Å²) in [5.41, 5.74) is 7.26. The summed E-state index contributed by atoms with van der Waals surface area (Å²) in [4.78, 5) is 45.7. The van der Waals surface area contributed by atoms with Crippen molar-refractivity contribution in [1.29, 1.82) is 0 Å². The summed E-state index contributed by atoms with van der Waals surface area (Å²) in [6.07, 6.45) is -2.25. The minimum absolute atomic E-state index is 0.0201. The summed E-state index contributed by atoms with van der Waals surface area (Å²) >= 11 is 0. The Hall–Kier alpha value is -5.18. The molecule has 12 nitrogen and oxygen atoms in total. The number of nitrogens with one attached hydrogen (secondary N) is 3. The number of anilines is 1. The van der Waals surface area contributed by atoms with E-state index in [0.29, 0.717) is 17.0 Å². The van der Waals surface area contributed by atoms with Crippen LogP contribution in [0.4, 0.5) is 18.9 Å². The largest absolute Gasteiger partial charge is 0.573 e. The van der Waals surface area contributed by atoms with Gasteiger partial charge in [-0.1, -0.05) is 24.3 Å². The highest BCUT2D eigenvalue weighted by atomic mass is 19.4. The maximum atomic E-state index is 12.5. The molecule has 4 aromatic rings. The molecule has 5 rings (SSSR count). The number of nitrogens with two attached hydrogens (primary N) is 1. The monoisotopic (exact) mass is 558 g/mol. The number of carbonyl (C=O) groups is 3. The number of aromatic amines is 1. The van der Waals surface area contributed by atoms with Crippen LogP contribution in [-0.2, 0) is 17.9 Å². The number of hydrogen-bond donors (Lipinski definition) is 5. The van der Waals surface area contributed by atoms with Gasteiger partial charge >= 0.3 is 12.3 Å². The molecule has 40 heavy (non-hydrogen) atoms. The molecule has 0 unspecified atom stereocenters. The number of halogens is 3. The third-order valence-corrected chi connectivity index (χ3v) is 5.46. The van der Waals surface area contributed by atoms with Crippen LogP contribution >= 0.6 is 0 Å². The number of H-pyrrole nitrogens is 1. The van der Waals surface area contributed by atoms with Gasteiger partial charge in [-0.25, -0.2) is 14.8 Å². The molecule has 15 heteroatoms. The van der Waals surface area contributed by atoms with Crippen LogP contribution in [0.3, 0.4) is 0 Å². The minimum Gasteiger partial charge on any atom is -0.482 e. The normalized spacial score (nSPS) is 12.3. The highest BCUT2D eigenvalue weighted by Crippen LogP contribution is 2.28. The van der Waals surface area contributed by atoms with Crippen molar-refractivity contribution in [3.8, 4) is 11.5 Å². The molecule has 0 radical (unpaired) electrons. The van der Waals surface area contributed by atoms with Gasteiger partial charge in [0.15, 0.2) is 12.3 Å². The average Bonchev–Trinajstić information content (AvgIpc) is 3.36. The number of rotatable bonds is 6. The fourth-order valence-electron chi connectivity index (χ4n) is 3.68. The third kappa shape index (κ3) is 6.63. The molecule has 0 saturated heterocycles. The number of para-hydroxylation sites is 1. The zero-order valence-electron chi connectivity index (χ0n) is 20.4. The van der Waals surface area contributed by atoms with E-state index in [9.17, 15) is 27.6 Å². The second-order valence-corrected chi connectivity index (χ2v) is 8.16. The van der Waals surface area contributed by atoms with Gasteiger partial charge in [0.05, 0.1) is 11.2 Å². The summed E-state index contributed by atoms with van der Waals surface area (Å²) in [5.74, 6) is -1.55. The number of amides is 2. The van der Waals surface area contributed by atoms with Gasteiger partial charge in [0.1, 0.15) is 28.9 Å². The van der Waals surface area contributed by atoms with Gasteiger partial charge in [-0.3, -0.25) is 9.59 Å². The summed E-state index contributed by atoms with van der Waals surface area (Å²) in [6, 6.07) is 11.0. The van der Waals surface area contributed by atoms with E-state index in [2.05, 4.69) is 30.3 Å². The zero-order chi connectivity index (χ0) is 28.9. The Labute approximate surface area is 223 Å². The molecule has 2 aromatic heterocycles. The molecule has 0 aliphatic carbocycles. The second-order valence-electron chi connectivity index (χ2n) is 8.16. The van der Waals surface area contributed by atoms with E-state index in [-0.39, 0.29) is 53.6 Å². The van der Waals surface area contributed by atoms with Crippen molar-refractivity contribution in [3.05, 3.63) is 77.4 Å². The van der Waals surface area contributed by atoms with Crippen LogP contribution in [0.2, 0.25) is 0 Å². The number of carbonyl (C=O) groups excluding carboxylic acids is 2. The number of ether oxygens (including phenoxy) is 2. The first-order chi connectivity index (χ1) is 19.1. The number of aromatic carboxylic acids is 1. The molecule has 6 N–H and O–H groups in total. The number of benzene rings is 2. The smallest absolute Gasteiger partial charge is 0.482 e. The number of aromatic nitrogens is 3. The Kier molecular flexibility index (Phi) is 8.14. The Morgan fingerprint density at radius 3 is 2.67 bits per heavy atom. The van der Waals surface area contributed by atoms with Gasteiger partial charge < -0.3 is 35.9 Å². The Bertz CT molecular complexity index is 1570. The van der Waals surface area contributed by atoms with Crippen LogP contribution in [0.15, 0.2) is 55.0 Å². The lowest BCUT2D eigenvalue weighted by Gasteiger charge is -2.18. The van der Waals surface area contributed by atoms with Gasteiger partial charge in [-0.2, -0.15) is 0 Å². The highest BCUT2D eigenvalue weighted by Gasteiger charge is 2.31. The summed E-state index contributed by atoms with van der Waals surface area (Å²) in [5, 5.41) is 14.6. The van der Waals surface area contributed by atoms with E-state index in [0.717, 1.165) is 11.9 Å². The molecule has 0 spiro atoms. The van der Waals surface area contributed by atoms with Gasteiger partial charge in [-0.05, 0) is 23.8 Å². The number of nitrogens with zero attached hydrogens (tertiary/aromatic N) is 2. The predicted molar refractivity (Wildman–Crippen MR) is 134 cm³/mol. The lowest BCUT2D eigenvalue weighted by Crippen LogP contribution is -2.26. The van der Waals surface area contributed by atoms with E-state index >= 15 is 0 Å². The lowest BCUT2D eigenvalue weighted by atomic mass is 10.1. The average molecular weight is 558 g/mol. The van der Waals surface area contributed by atoms with Gasteiger partial charge in [0, 0.05) is 24.8 Å². The molecule has 3 heterocycles. The van der Waals surface area contributed by atoms with Crippen LogP contribution in [0, 0.1) is 0 Å². The Morgan fingerprint density at radius 1 is 1.18 bits per heavy atom. The maximum absolute atomic E-state index is 12.5. The third-order valence-electron chi connectivity index (χ3n) is 5.46. The van der Waals surface area contributed by atoms with Gasteiger partial charge in [0.2, 0.25) is 0 Å². The maximum Gasteiger partial charge on any atom is 0.573 e. The lowest BCUT2D eigenvalue weighted by molar-refractivity contribution is -0.274. The Balaban J connectivity index is 0.000000240. The SMILES string of the molecule is NCc1ccccc1OC(F)(F)F.O=C1COc2ccc(CNC(=O)c3ncnc4c(C(=O)O)c[nH]c34)cc2N1. The molecule has 2 amide bonds. The van der Waals surface area contributed by atoms with E-state index in [4.69, 9.17) is 15.6 Å². The van der Waals surface area contributed by atoms with Crippen LogP contribution in [0.1, 0.15) is 32.0 Å². The Morgan fingerprint density at radius 2 is 1.95 bits per heavy atom. The molecule has 0 bridgehead atoms. The first-order valence-corrected chi connectivity index (χ1v) is 11.5. The van der Waals surface area contributed by atoms with E-state index < -0.39 is 18.2 Å². The summed E-state index contributed by atoms with van der Waals surface area (Å²) in [7, 11) is 0. The fraction of sp³-hybridized carbons (Fsp3) is 0.160. The van der Waals surface area contributed by atoms with Crippen LogP contribution in [-0.4, -0.2) is 50.8 Å². The van der Waals surface area contributed by atoms with Crippen molar-refractivity contribution in [1.82, 2.24) is 20.3 Å². The number of alkyl halides is 3. The molecular formula is C25H21F3N6O6. The second kappa shape index (κ2) is 11.7. The standard InChI is InChI=1S/C17H13N5O5.C8H8F3NO/c23-12-6-27-11-2-1-8(3-10(11)22-12)4-19-16(24)15-14-13(20-7-21-15)9(5-18-14)17(25)26;9-8(10,11)13-7-4-2-1-3-6(7)5-12/h1-3,5,7,18H,4,6H2,(H,19,24)(H,22,23)(H,25,26);1-4H,5,12H2.